The van der Waals surface area contributed by atoms with E-state index in [1.807, 2.05) is 0 Å². The topological polar surface area (TPSA) is 123 Å². The molecule has 1 aliphatic heterocycles. The van der Waals surface area contributed by atoms with Gasteiger partial charge >= 0.3 is 0 Å². The van der Waals surface area contributed by atoms with Crippen LogP contribution in [0.4, 0.5) is 11.4 Å². The third-order valence-corrected chi connectivity index (χ3v) is 4.25. The SMILES string of the molecule is COc1ccc(NC(=O)C2C(=O)N(c3ccc(OC)cc3)C(=O)/C2=N/N)cc1. The first kappa shape index (κ1) is 18.9. The maximum Gasteiger partial charge on any atom is 0.282 e. The maximum atomic E-state index is 12.8. The fourth-order valence-corrected chi connectivity index (χ4v) is 2.81. The van der Waals surface area contributed by atoms with Gasteiger partial charge in [-0.15, -0.1) is 0 Å². The molecule has 3 amide bonds. The summed E-state index contributed by atoms with van der Waals surface area (Å²) in [7, 11) is 3.02. The molecule has 0 radical (unpaired) electrons. The molecule has 1 aliphatic rings. The number of nitrogens with zero attached hydrogens (tertiary/aromatic N) is 2. The Bertz CT molecular complexity index is 938. The van der Waals surface area contributed by atoms with Crippen molar-refractivity contribution in [2.24, 2.45) is 16.9 Å². The van der Waals surface area contributed by atoms with Gasteiger partial charge in [0.25, 0.3) is 11.8 Å². The van der Waals surface area contributed by atoms with Gasteiger partial charge in [-0.2, -0.15) is 5.10 Å². The Kier molecular flexibility index (Phi) is 5.25. The molecule has 28 heavy (non-hydrogen) atoms. The number of anilines is 2. The summed E-state index contributed by atoms with van der Waals surface area (Å²) in [6, 6.07) is 12.8. The second kappa shape index (κ2) is 7.78. The van der Waals surface area contributed by atoms with Crippen LogP contribution in [0.5, 0.6) is 11.5 Å². The van der Waals surface area contributed by atoms with E-state index in [4.69, 9.17) is 15.3 Å². The predicted octanol–water partition coefficient (Wildman–Crippen LogP) is 1.15. The number of carbonyl (C=O) groups is 3. The normalized spacial score (nSPS) is 17.7. The number of rotatable bonds is 5. The summed E-state index contributed by atoms with van der Waals surface area (Å²) < 4.78 is 10.1. The lowest BCUT2D eigenvalue weighted by molar-refractivity contribution is -0.127. The van der Waals surface area contributed by atoms with Crippen LogP contribution in [0.25, 0.3) is 0 Å². The molecule has 1 saturated heterocycles. The first-order valence-electron chi connectivity index (χ1n) is 8.25. The minimum atomic E-state index is -1.44. The van der Waals surface area contributed by atoms with Crippen molar-refractivity contribution in [2.75, 3.05) is 24.4 Å². The molecule has 3 rings (SSSR count). The second-order valence-corrected chi connectivity index (χ2v) is 5.84. The zero-order chi connectivity index (χ0) is 20.3. The Morgan fingerprint density at radius 1 is 1.00 bits per heavy atom. The summed E-state index contributed by atoms with van der Waals surface area (Å²) in [5.41, 5.74) is 0.397. The molecule has 1 unspecified atom stereocenters. The Hall–Kier alpha value is -3.88. The maximum absolute atomic E-state index is 12.8. The van der Waals surface area contributed by atoms with Gasteiger partial charge in [0.2, 0.25) is 5.91 Å². The average Bonchev–Trinajstić information content (AvgIpc) is 2.98. The summed E-state index contributed by atoms with van der Waals surface area (Å²) >= 11 is 0. The van der Waals surface area contributed by atoms with Crippen molar-refractivity contribution in [3.05, 3.63) is 48.5 Å². The number of amides is 3. The molecule has 2 aromatic rings. The Morgan fingerprint density at radius 2 is 1.54 bits per heavy atom. The van der Waals surface area contributed by atoms with E-state index in [0.29, 0.717) is 17.2 Å². The van der Waals surface area contributed by atoms with E-state index in [-0.39, 0.29) is 11.4 Å². The quantitative estimate of drug-likeness (QED) is 0.346. The second-order valence-electron chi connectivity index (χ2n) is 5.84. The van der Waals surface area contributed by atoms with Gasteiger partial charge in [0.05, 0.1) is 19.9 Å². The third-order valence-electron chi connectivity index (χ3n) is 4.25. The van der Waals surface area contributed by atoms with Crippen molar-refractivity contribution >= 4 is 34.8 Å². The molecule has 0 spiro atoms. The fourth-order valence-electron chi connectivity index (χ4n) is 2.81. The van der Waals surface area contributed by atoms with Crippen LogP contribution in [-0.2, 0) is 14.4 Å². The number of hydrogen-bond acceptors (Lipinski definition) is 7. The Balaban J connectivity index is 1.86. The standard InChI is InChI=1S/C19H18N4O5/c1-27-13-7-3-11(4-8-13)21-17(24)15-16(22-20)19(26)23(18(15)25)12-5-9-14(28-2)10-6-12/h3-10,15H,20H2,1-2H3,(H,21,24)/b22-16+. The highest BCUT2D eigenvalue weighted by Gasteiger charge is 2.49. The van der Waals surface area contributed by atoms with Crippen LogP contribution >= 0.6 is 0 Å². The highest BCUT2D eigenvalue weighted by molar-refractivity contribution is 6.61. The molecule has 1 fully saturated rings. The molecule has 0 aliphatic carbocycles. The van der Waals surface area contributed by atoms with E-state index < -0.39 is 23.6 Å². The fraction of sp³-hybridized carbons (Fsp3) is 0.158. The van der Waals surface area contributed by atoms with Crippen molar-refractivity contribution in [3.8, 4) is 11.5 Å². The van der Waals surface area contributed by atoms with E-state index in [0.717, 1.165) is 4.90 Å². The number of nitrogens with two attached hydrogens (primary N) is 1. The molecule has 9 nitrogen and oxygen atoms in total. The third kappa shape index (κ3) is 3.37. The lowest BCUT2D eigenvalue weighted by atomic mass is 10.1. The van der Waals surface area contributed by atoms with Crippen LogP contribution in [0.2, 0.25) is 0 Å². The highest BCUT2D eigenvalue weighted by atomic mass is 16.5. The average molecular weight is 382 g/mol. The number of ether oxygens (including phenoxy) is 2. The monoisotopic (exact) mass is 382 g/mol. The number of hydrazone groups is 1. The minimum absolute atomic E-state index is 0.289. The molecular formula is C19H18N4O5. The van der Waals surface area contributed by atoms with Gasteiger partial charge in [-0.05, 0) is 48.5 Å². The largest absolute Gasteiger partial charge is 0.497 e. The molecule has 2 aromatic carbocycles. The van der Waals surface area contributed by atoms with E-state index in [1.165, 1.54) is 26.4 Å². The first-order valence-corrected chi connectivity index (χ1v) is 8.25. The Labute approximate surface area is 160 Å². The van der Waals surface area contributed by atoms with Gasteiger partial charge in [-0.3, -0.25) is 14.4 Å². The van der Waals surface area contributed by atoms with Crippen molar-refractivity contribution < 1.29 is 23.9 Å². The zero-order valence-electron chi connectivity index (χ0n) is 15.2. The lowest BCUT2D eigenvalue weighted by Crippen LogP contribution is -2.34. The van der Waals surface area contributed by atoms with Crippen LogP contribution in [0.3, 0.4) is 0 Å². The molecule has 3 N–H and O–H groups in total. The van der Waals surface area contributed by atoms with Gasteiger partial charge in [-0.1, -0.05) is 0 Å². The molecule has 9 heteroatoms. The first-order chi connectivity index (χ1) is 13.5. The van der Waals surface area contributed by atoms with Crippen LogP contribution in [0, 0.1) is 5.92 Å². The zero-order valence-corrected chi connectivity index (χ0v) is 15.2. The van der Waals surface area contributed by atoms with Gasteiger partial charge in [0.15, 0.2) is 5.92 Å². The summed E-state index contributed by atoms with van der Waals surface area (Å²) in [5, 5.41) is 5.99. The summed E-state index contributed by atoms with van der Waals surface area (Å²) in [4.78, 5) is 39.0. The van der Waals surface area contributed by atoms with E-state index in [2.05, 4.69) is 10.4 Å². The van der Waals surface area contributed by atoms with Crippen molar-refractivity contribution in [2.45, 2.75) is 0 Å². The molecule has 0 bridgehead atoms. The summed E-state index contributed by atoms with van der Waals surface area (Å²) in [5.74, 6) is 2.85. The van der Waals surface area contributed by atoms with Crippen LogP contribution in [0.15, 0.2) is 53.6 Å². The van der Waals surface area contributed by atoms with Crippen molar-refractivity contribution in [3.63, 3.8) is 0 Å². The van der Waals surface area contributed by atoms with Crippen LogP contribution < -0.4 is 25.5 Å². The van der Waals surface area contributed by atoms with Crippen LogP contribution in [0.1, 0.15) is 0 Å². The molecular weight excluding hydrogens is 364 g/mol. The van der Waals surface area contributed by atoms with E-state index in [1.54, 1.807) is 36.4 Å². The molecule has 144 valence electrons. The van der Waals surface area contributed by atoms with Gasteiger partial charge in [-0.25, -0.2) is 4.90 Å². The predicted molar refractivity (Wildman–Crippen MR) is 102 cm³/mol. The number of nitrogens with one attached hydrogen (secondary N) is 1. The van der Waals surface area contributed by atoms with Gasteiger partial charge in [0, 0.05) is 5.69 Å². The Morgan fingerprint density at radius 3 is 2.04 bits per heavy atom. The van der Waals surface area contributed by atoms with Gasteiger partial charge < -0.3 is 20.6 Å². The van der Waals surface area contributed by atoms with Gasteiger partial charge in [0.1, 0.15) is 17.2 Å². The number of imide groups is 1. The van der Waals surface area contributed by atoms with E-state index >= 15 is 0 Å². The lowest BCUT2D eigenvalue weighted by Gasteiger charge is -2.14. The van der Waals surface area contributed by atoms with E-state index in [9.17, 15) is 14.4 Å². The summed E-state index contributed by atoms with van der Waals surface area (Å²) in [6.07, 6.45) is 0. The number of hydrogen-bond donors (Lipinski definition) is 2. The molecule has 0 aromatic heterocycles. The molecule has 0 saturated carbocycles. The smallest absolute Gasteiger partial charge is 0.282 e. The van der Waals surface area contributed by atoms with Crippen molar-refractivity contribution in [1.29, 1.82) is 0 Å². The van der Waals surface area contributed by atoms with Crippen LogP contribution in [-0.4, -0.2) is 37.7 Å². The minimum Gasteiger partial charge on any atom is -0.497 e. The number of benzene rings is 2. The molecule has 1 atom stereocenters. The highest BCUT2D eigenvalue weighted by Crippen LogP contribution is 2.28. The number of carbonyl (C=O) groups excluding carboxylic acids is 3. The molecule has 1 heterocycles. The summed E-state index contributed by atoms with van der Waals surface area (Å²) in [6.45, 7) is 0. The van der Waals surface area contributed by atoms with Crippen molar-refractivity contribution in [1.82, 2.24) is 0 Å². The number of methoxy groups -OCH3 is 2.